The molecular weight excluding hydrogens is 411 g/mol. The predicted molar refractivity (Wildman–Crippen MR) is 101 cm³/mol. The highest BCUT2D eigenvalue weighted by atomic mass is 79.9. The SMILES string of the molecule is O=C1[C@@H]2CS[C@H](c3ccc(Br)cc3)N2C(=S)N1c1ccc(F)cc1. The maximum absolute atomic E-state index is 13.2. The van der Waals surface area contributed by atoms with E-state index in [0.717, 1.165) is 10.0 Å². The standard InChI is InChI=1S/C17H12BrFN2OS2/c18-11-3-1-10(2-4-11)16-21-14(9-24-16)15(22)20(17(21)23)13-7-5-12(19)6-8-13/h1-8,14,16H,9H2/t14-,16+/m0/s1. The zero-order chi connectivity index (χ0) is 16.8. The van der Waals surface area contributed by atoms with Gasteiger partial charge in [0, 0.05) is 10.2 Å². The fraction of sp³-hybridized carbons (Fsp3) is 0.176. The molecule has 0 unspecified atom stereocenters. The fourth-order valence-corrected chi connectivity index (χ4v) is 5.18. The number of thiocarbonyl (C=S) groups is 1. The van der Waals surface area contributed by atoms with Gasteiger partial charge in [-0.3, -0.25) is 9.69 Å². The second-order valence-corrected chi connectivity index (χ2v) is 7.99. The highest BCUT2D eigenvalue weighted by Crippen LogP contribution is 2.46. The summed E-state index contributed by atoms with van der Waals surface area (Å²) < 4.78 is 14.2. The van der Waals surface area contributed by atoms with Gasteiger partial charge in [-0.2, -0.15) is 0 Å². The molecule has 0 saturated carbocycles. The van der Waals surface area contributed by atoms with Gasteiger partial charge in [0.25, 0.3) is 5.91 Å². The lowest BCUT2D eigenvalue weighted by atomic mass is 10.2. The third-order valence-corrected chi connectivity index (χ3v) is 6.40. The van der Waals surface area contributed by atoms with E-state index in [0.29, 0.717) is 16.6 Å². The Morgan fingerprint density at radius 2 is 1.79 bits per heavy atom. The van der Waals surface area contributed by atoms with Gasteiger partial charge in [-0.05, 0) is 54.2 Å². The molecular formula is C17H12BrFN2OS2. The number of thioether (sulfide) groups is 1. The van der Waals surface area contributed by atoms with E-state index in [4.69, 9.17) is 12.2 Å². The molecule has 24 heavy (non-hydrogen) atoms. The summed E-state index contributed by atoms with van der Waals surface area (Å²) in [7, 11) is 0. The lowest BCUT2D eigenvalue weighted by Gasteiger charge is -2.25. The van der Waals surface area contributed by atoms with Crippen molar-refractivity contribution >= 4 is 56.6 Å². The summed E-state index contributed by atoms with van der Waals surface area (Å²) in [6, 6.07) is 13.7. The first-order chi connectivity index (χ1) is 11.6. The average molecular weight is 423 g/mol. The average Bonchev–Trinajstić information content (AvgIpc) is 3.11. The molecule has 2 aromatic rings. The third-order valence-electron chi connectivity index (χ3n) is 4.16. The number of anilines is 1. The number of amides is 1. The lowest BCUT2D eigenvalue weighted by Crippen LogP contribution is -2.33. The number of hydrogen-bond donors (Lipinski definition) is 0. The molecule has 122 valence electrons. The molecule has 2 atom stereocenters. The minimum absolute atomic E-state index is 0.0185. The van der Waals surface area contributed by atoms with Gasteiger partial charge in [-0.15, -0.1) is 11.8 Å². The molecule has 7 heteroatoms. The number of benzene rings is 2. The number of halogens is 2. The predicted octanol–water partition coefficient (Wildman–Crippen LogP) is 4.34. The Balaban J connectivity index is 1.67. The molecule has 2 aromatic carbocycles. The molecule has 0 spiro atoms. The minimum atomic E-state index is -0.333. The van der Waals surface area contributed by atoms with Crippen molar-refractivity contribution in [3.05, 3.63) is 64.4 Å². The van der Waals surface area contributed by atoms with E-state index < -0.39 is 0 Å². The Labute approximate surface area is 156 Å². The lowest BCUT2D eigenvalue weighted by molar-refractivity contribution is -0.119. The van der Waals surface area contributed by atoms with Crippen LogP contribution in [0.15, 0.2) is 53.0 Å². The number of fused-ring (bicyclic) bond motifs is 1. The first kappa shape index (κ1) is 16.1. The molecule has 0 aromatic heterocycles. The topological polar surface area (TPSA) is 23.6 Å². The van der Waals surface area contributed by atoms with Crippen molar-refractivity contribution in [1.82, 2.24) is 4.90 Å². The summed E-state index contributed by atoms with van der Waals surface area (Å²) in [5.74, 6) is 0.316. The molecule has 2 aliphatic heterocycles. The van der Waals surface area contributed by atoms with Crippen LogP contribution in [0.1, 0.15) is 10.9 Å². The molecule has 2 aliphatic rings. The van der Waals surface area contributed by atoms with E-state index in [9.17, 15) is 9.18 Å². The first-order valence-electron chi connectivity index (χ1n) is 7.35. The van der Waals surface area contributed by atoms with Crippen LogP contribution in [0, 0.1) is 5.82 Å². The number of hydrogen-bond acceptors (Lipinski definition) is 3. The van der Waals surface area contributed by atoms with Crippen LogP contribution in [0.5, 0.6) is 0 Å². The quantitative estimate of drug-likeness (QED) is 0.671. The zero-order valence-electron chi connectivity index (χ0n) is 12.4. The fourth-order valence-electron chi connectivity index (χ4n) is 3.00. The molecule has 0 aliphatic carbocycles. The molecule has 2 fully saturated rings. The highest BCUT2D eigenvalue weighted by Gasteiger charge is 2.50. The molecule has 0 N–H and O–H groups in total. The summed E-state index contributed by atoms with van der Waals surface area (Å²) in [6.45, 7) is 0. The minimum Gasteiger partial charge on any atom is -0.319 e. The van der Waals surface area contributed by atoms with Crippen LogP contribution in [-0.2, 0) is 4.79 Å². The van der Waals surface area contributed by atoms with Gasteiger partial charge >= 0.3 is 0 Å². The van der Waals surface area contributed by atoms with Crippen LogP contribution in [0.2, 0.25) is 0 Å². The summed E-state index contributed by atoms with van der Waals surface area (Å²) in [6.07, 6.45) is 0. The highest BCUT2D eigenvalue weighted by molar-refractivity contribution is 9.10. The van der Waals surface area contributed by atoms with Gasteiger partial charge in [-0.25, -0.2) is 4.39 Å². The van der Waals surface area contributed by atoms with Crippen LogP contribution < -0.4 is 4.90 Å². The molecule has 2 heterocycles. The van der Waals surface area contributed by atoms with Gasteiger partial charge in [0.05, 0.1) is 5.69 Å². The Hall–Kier alpha value is -1.44. The molecule has 0 bridgehead atoms. The van der Waals surface area contributed by atoms with Gasteiger partial charge in [0.1, 0.15) is 17.2 Å². The third kappa shape index (κ3) is 2.55. The van der Waals surface area contributed by atoms with Crippen LogP contribution in [0.4, 0.5) is 10.1 Å². The number of rotatable bonds is 2. The first-order valence-corrected chi connectivity index (χ1v) is 9.60. The summed E-state index contributed by atoms with van der Waals surface area (Å²) in [5.41, 5.74) is 1.72. The second kappa shape index (κ2) is 6.13. The molecule has 0 radical (unpaired) electrons. The van der Waals surface area contributed by atoms with Crippen LogP contribution in [-0.4, -0.2) is 27.7 Å². The number of carbonyl (C=O) groups is 1. The maximum atomic E-state index is 13.2. The Morgan fingerprint density at radius 3 is 2.46 bits per heavy atom. The molecule has 4 rings (SSSR count). The van der Waals surface area contributed by atoms with Crippen molar-refractivity contribution in [3.8, 4) is 0 Å². The largest absolute Gasteiger partial charge is 0.319 e. The monoisotopic (exact) mass is 422 g/mol. The molecule has 3 nitrogen and oxygen atoms in total. The normalized spacial score (nSPS) is 23.1. The van der Waals surface area contributed by atoms with Crippen molar-refractivity contribution in [1.29, 1.82) is 0 Å². The van der Waals surface area contributed by atoms with Crippen LogP contribution in [0.3, 0.4) is 0 Å². The van der Waals surface area contributed by atoms with Crippen molar-refractivity contribution in [2.24, 2.45) is 0 Å². The summed E-state index contributed by atoms with van der Waals surface area (Å²) in [5, 5.41) is 0.500. The number of nitrogens with zero attached hydrogens (tertiary/aromatic N) is 2. The van der Waals surface area contributed by atoms with Crippen molar-refractivity contribution in [3.63, 3.8) is 0 Å². The smallest absolute Gasteiger partial charge is 0.257 e. The second-order valence-electron chi connectivity index (χ2n) is 5.59. The van der Waals surface area contributed by atoms with E-state index in [1.54, 1.807) is 23.9 Å². The molecule has 2 saturated heterocycles. The zero-order valence-corrected chi connectivity index (χ0v) is 15.6. The maximum Gasteiger partial charge on any atom is 0.257 e. The van der Waals surface area contributed by atoms with Gasteiger partial charge in [-0.1, -0.05) is 28.1 Å². The van der Waals surface area contributed by atoms with E-state index in [1.165, 1.54) is 17.0 Å². The summed E-state index contributed by atoms with van der Waals surface area (Å²) in [4.78, 5) is 16.3. The van der Waals surface area contributed by atoms with E-state index in [1.807, 2.05) is 29.2 Å². The van der Waals surface area contributed by atoms with Gasteiger partial charge in [0.15, 0.2) is 5.11 Å². The Kier molecular flexibility index (Phi) is 4.10. The van der Waals surface area contributed by atoms with E-state index in [-0.39, 0.29) is 23.1 Å². The van der Waals surface area contributed by atoms with Crippen molar-refractivity contribution in [2.45, 2.75) is 11.4 Å². The van der Waals surface area contributed by atoms with Gasteiger partial charge < -0.3 is 4.90 Å². The van der Waals surface area contributed by atoms with Crippen LogP contribution >= 0.6 is 39.9 Å². The molecule has 1 amide bonds. The van der Waals surface area contributed by atoms with E-state index in [2.05, 4.69) is 15.9 Å². The Bertz CT molecular complexity index is 812. The summed E-state index contributed by atoms with van der Waals surface area (Å²) >= 11 is 10.7. The van der Waals surface area contributed by atoms with Crippen LogP contribution in [0.25, 0.3) is 0 Å². The van der Waals surface area contributed by atoms with Crippen molar-refractivity contribution < 1.29 is 9.18 Å². The number of carbonyl (C=O) groups excluding carboxylic acids is 1. The van der Waals surface area contributed by atoms with Crippen molar-refractivity contribution in [2.75, 3.05) is 10.7 Å². The van der Waals surface area contributed by atoms with Gasteiger partial charge in [0.2, 0.25) is 0 Å². The Morgan fingerprint density at radius 1 is 1.12 bits per heavy atom. The van der Waals surface area contributed by atoms with E-state index >= 15 is 0 Å².